The van der Waals surface area contributed by atoms with E-state index in [0.717, 1.165) is 17.7 Å². The van der Waals surface area contributed by atoms with Gasteiger partial charge in [-0.15, -0.1) is 11.8 Å². The fourth-order valence-electron chi connectivity index (χ4n) is 2.61. The van der Waals surface area contributed by atoms with Crippen LogP contribution in [-0.4, -0.2) is 30.8 Å². The minimum Gasteiger partial charge on any atom is -0.349 e. The lowest BCUT2D eigenvalue weighted by molar-refractivity contribution is -0.253. The second kappa shape index (κ2) is 5.64. The van der Waals surface area contributed by atoms with Crippen molar-refractivity contribution < 1.29 is 13.9 Å². The maximum Gasteiger partial charge on any atom is 0.162 e. The first kappa shape index (κ1) is 14.3. The highest BCUT2D eigenvalue weighted by Gasteiger charge is 2.31. The number of hydrogen-bond acceptors (Lipinski definition) is 4. The first-order valence-corrected chi connectivity index (χ1v) is 7.98. The smallest absolute Gasteiger partial charge is 0.162 e. The zero-order valence-corrected chi connectivity index (χ0v) is 12.6. The van der Waals surface area contributed by atoms with Crippen LogP contribution in [0.4, 0.5) is 4.39 Å². The molecule has 0 bridgehead atoms. The fourth-order valence-corrected chi connectivity index (χ4v) is 3.72. The maximum absolute atomic E-state index is 13.5. The van der Waals surface area contributed by atoms with Crippen LogP contribution in [0, 0.1) is 5.82 Å². The van der Waals surface area contributed by atoms with Gasteiger partial charge in [0.15, 0.2) is 5.79 Å². The standard InChI is InChI=1S/C15H20FNO2S/c1-15(2)18-8-11(9-19-15)17-13-5-6-20-14-4-3-10(16)7-12(13)14/h3-4,7,11,13,17H,5-6,8-9H2,1-2H3. The van der Waals surface area contributed by atoms with Crippen LogP contribution in [0.3, 0.4) is 0 Å². The maximum atomic E-state index is 13.5. The number of benzene rings is 1. The van der Waals surface area contributed by atoms with Crippen LogP contribution >= 0.6 is 11.8 Å². The van der Waals surface area contributed by atoms with E-state index < -0.39 is 5.79 Å². The Morgan fingerprint density at radius 1 is 1.30 bits per heavy atom. The van der Waals surface area contributed by atoms with Crippen molar-refractivity contribution in [2.75, 3.05) is 19.0 Å². The van der Waals surface area contributed by atoms with Gasteiger partial charge in [0.2, 0.25) is 0 Å². The minimum absolute atomic E-state index is 0.159. The third-order valence-electron chi connectivity index (χ3n) is 3.71. The molecular formula is C15H20FNO2S. The van der Waals surface area contributed by atoms with Crippen LogP contribution in [0.25, 0.3) is 0 Å². The fraction of sp³-hybridized carbons (Fsp3) is 0.600. The van der Waals surface area contributed by atoms with Crippen LogP contribution < -0.4 is 5.32 Å². The molecular weight excluding hydrogens is 277 g/mol. The third kappa shape index (κ3) is 3.17. The molecule has 2 aliphatic heterocycles. The van der Waals surface area contributed by atoms with Crippen molar-refractivity contribution in [3.63, 3.8) is 0 Å². The Labute approximate surface area is 123 Å². The Hall–Kier alpha value is -0.620. The second-order valence-corrected chi connectivity index (χ2v) is 6.89. The van der Waals surface area contributed by atoms with Crippen molar-refractivity contribution in [1.29, 1.82) is 0 Å². The summed E-state index contributed by atoms with van der Waals surface area (Å²) in [6, 6.07) is 5.39. The van der Waals surface area contributed by atoms with Crippen LogP contribution in [0.5, 0.6) is 0 Å². The van der Waals surface area contributed by atoms with Gasteiger partial charge in [0.05, 0.1) is 19.3 Å². The molecule has 0 spiro atoms. The first-order chi connectivity index (χ1) is 9.53. The zero-order chi connectivity index (χ0) is 14.2. The Morgan fingerprint density at radius 3 is 2.80 bits per heavy atom. The van der Waals surface area contributed by atoms with E-state index in [2.05, 4.69) is 5.32 Å². The molecule has 0 radical (unpaired) electrons. The Balaban J connectivity index is 1.69. The average Bonchev–Trinajstić information content (AvgIpc) is 2.42. The van der Waals surface area contributed by atoms with E-state index in [1.54, 1.807) is 17.8 Å². The molecule has 0 saturated carbocycles. The molecule has 0 aromatic heterocycles. The lowest BCUT2D eigenvalue weighted by Gasteiger charge is -2.38. The van der Waals surface area contributed by atoms with E-state index in [4.69, 9.17) is 9.47 Å². The predicted octanol–water partition coefficient (Wildman–Crippen LogP) is 3.10. The number of nitrogens with one attached hydrogen (secondary N) is 1. The van der Waals surface area contributed by atoms with Gasteiger partial charge in [-0.25, -0.2) is 4.39 Å². The van der Waals surface area contributed by atoms with Crippen LogP contribution in [-0.2, 0) is 9.47 Å². The summed E-state index contributed by atoms with van der Waals surface area (Å²) >= 11 is 1.79. The van der Waals surface area contributed by atoms with Gasteiger partial charge >= 0.3 is 0 Å². The van der Waals surface area contributed by atoms with E-state index in [1.165, 1.54) is 11.0 Å². The molecule has 1 aromatic rings. The van der Waals surface area contributed by atoms with Gasteiger partial charge < -0.3 is 14.8 Å². The number of thioether (sulfide) groups is 1. The van der Waals surface area contributed by atoms with Crippen molar-refractivity contribution in [2.24, 2.45) is 0 Å². The first-order valence-electron chi connectivity index (χ1n) is 7.00. The SMILES string of the molecule is CC1(C)OCC(NC2CCSc3ccc(F)cc32)CO1. The van der Waals surface area contributed by atoms with Gasteiger partial charge in [-0.3, -0.25) is 0 Å². The molecule has 2 aliphatic rings. The van der Waals surface area contributed by atoms with Crippen molar-refractivity contribution in [2.45, 2.75) is 43.0 Å². The van der Waals surface area contributed by atoms with Crippen molar-refractivity contribution >= 4 is 11.8 Å². The molecule has 5 heteroatoms. The summed E-state index contributed by atoms with van der Waals surface area (Å²) in [7, 11) is 0. The molecule has 3 nitrogen and oxygen atoms in total. The number of hydrogen-bond donors (Lipinski definition) is 1. The third-order valence-corrected chi connectivity index (χ3v) is 4.84. The lowest BCUT2D eigenvalue weighted by atomic mass is 10.0. The molecule has 3 rings (SSSR count). The van der Waals surface area contributed by atoms with E-state index in [0.29, 0.717) is 13.2 Å². The molecule has 110 valence electrons. The van der Waals surface area contributed by atoms with Gasteiger partial charge in [0, 0.05) is 10.9 Å². The van der Waals surface area contributed by atoms with Gasteiger partial charge in [-0.05, 0) is 49.8 Å². The van der Waals surface area contributed by atoms with E-state index >= 15 is 0 Å². The topological polar surface area (TPSA) is 30.5 Å². The predicted molar refractivity (Wildman–Crippen MR) is 77.4 cm³/mol. The zero-order valence-electron chi connectivity index (χ0n) is 11.8. The Kier molecular flexibility index (Phi) is 4.04. The quantitative estimate of drug-likeness (QED) is 0.908. The summed E-state index contributed by atoms with van der Waals surface area (Å²) in [6.45, 7) is 5.10. The number of halogens is 1. The molecule has 1 fully saturated rings. The number of ether oxygens (including phenoxy) is 2. The summed E-state index contributed by atoms with van der Waals surface area (Å²) in [4.78, 5) is 1.17. The monoisotopic (exact) mass is 297 g/mol. The summed E-state index contributed by atoms with van der Waals surface area (Å²) in [5.41, 5.74) is 1.06. The molecule has 20 heavy (non-hydrogen) atoms. The Bertz CT molecular complexity index is 485. The van der Waals surface area contributed by atoms with Crippen LogP contribution in [0.1, 0.15) is 31.9 Å². The molecule has 1 unspecified atom stereocenters. The molecule has 0 aliphatic carbocycles. The molecule has 1 atom stereocenters. The van der Waals surface area contributed by atoms with Gasteiger partial charge in [-0.2, -0.15) is 0 Å². The number of fused-ring (bicyclic) bond motifs is 1. The summed E-state index contributed by atoms with van der Waals surface area (Å²) in [5, 5.41) is 3.55. The summed E-state index contributed by atoms with van der Waals surface area (Å²) in [6.07, 6.45) is 1.00. The molecule has 2 heterocycles. The van der Waals surface area contributed by atoms with Crippen molar-refractivity contribution in [3.05, 3.63) is 29.6 Å². The molecule has 1 aromatic carbocycles. The van der Waals surface area contributed by atoms with Crippen LogP contribution in [0.2, 0.25) is 0 Å². The Morgan fingerprint density at radius 2 is 2.05 bits per heavy atom. The highest BCUT2D eigenvalue weighted by molar-refractivity contribution is 7.99. The molecule has 1 N–H and O–H groups in total. The lowest BCUT2D eigenvalue weighted by Crippen LogP contribution is -2.49. The van der Waals surface area contributed by atoms with Gasteiger partial charge in [-0.1, -0.05) is 0 Å². The van der Waals surface area contributed by atoms with Crippen molar-refractivity contribution in [1.82, 2.24) is 5.32 Å². The average molecular weight is 297 g/mol. The summed E-state index contributed by atoms with van der Waals surface area (Å²) in [5.74, 6) is 0.385. The van der Waals surface area contributed by atoms with E-state index in [-0.39, 0.29) is 17.9 Å². The summed E-state index contributed by atoms with van der Waals surface area (Å²) < 4.78 is 24.8. The normalized spacial score (nSPS) is 26.2. The van der Waals surface area contributed by atoms with Crippen molar-refractivity contribution in [3.8, 4) is 0 Å². The van der Waals surface area contributed by atoms with Crippen LogP contribution in [0.15, 0.2) is 23.1 Å². The molecule has 1 saturated heterocycles. The molecule has 0 amide bonds. The van der Waals surface area contributed by atoms with E-state index in [9.17, 15) is 4.39 Å². The second-order valence-electron chi connectivity index (χ2n) is 5.76. The minimum atomic E-state index is -0.495. The van der Waals surface area contributed by atoms with E-state index in [1.807, 2.05) is 19.9 Å². The number of rotatable bonds is 2. The largest absolute Gasteiger partial charge is 0.349 e. The highest BCUT2D eigenvalue weighted by Crippen LogP contribution is 2.37. The highest BCUT2D eigenvalue weighted by atomic mass is 32.2. The van der Waals surface area contributed by atoms with Gasteiger partial charge in [0.25, 0.3) is 0 Å². The van der Waals surface area contributed by atoms with Gasteiger partial charge in [0.1, 0.15) is 5.82 Å².